The van der Waals surface area contributed by atoms with Gasteiger partial charge in [-0.25, -0.2) is 0 Å². The zero-order valence-electron chi connectivity index (χ0n) is 46.3. The molecule has 1 atom stereocenters. The summed E-state index contributed by atoms with van der Waals surface area (Å²) in [5.74, 6) is -0.424. The van der Waals surface area contributed by atoms with Crippen LogP contribution >= 0.6 is 0 Å². The summed E-state index contributed by atoms with van der Waals surface area (Å²) in [5.41, 5.74) is 0. The van der Waals surface area contributed by atoms with Gasteiger partial charge in [0.2, 0.25) is 0 Å². The van der Waals surface area contributed by atoms with Gasteiger partial charge in [0.15, 0.2) is 6.10 Å². The Labute approximate surface area is 434 Å². The number of allylic oxidation sites excluding steroid dienone is 16. The molecule has 0 fully saturated rings. The first kappa shape index (κ1) is 66.8. The van der Waals surface area contributed by atoms with Crippen molar-refractivity contribution in [1.29, 1.82) is 0 Å². The second-order valence-corrected chi connectivity index (χ2v) is 19.5. The van der Waals surface area contributed by atoms with Gasteiger partial charge in [-0.05, 0) is 122 Å². The molecule has 0 saturated heterocycles. The number of esters is 2. The standard InChI is InChI=1S/C65H112O5/c1-4-7-10-13-16-19-22-25-28-31-33-35-37-40-43-46-49-52-55-58-64(66)69-62-63(61-68-60-57-54-51-48-45-42-39-36-32-29-26-23-20-17-14-11-8-5-2)70-65(67)59-56-53-50-47-44-41-38-34-30-27-24-21-18-15-12-9-6-3/h8,11,16-17,19-20,25-30,33,35-36,39,63H,4-7,9-10,12-15,18,21-24,31-32,34,37-38,40-62H2,1-3H3/b11-8-,19-16-,20-17-,28-25-,29-26-,30-27-,35-33-,39-36-. The van der Waals surface area contributed by atoms with E-state index in [1.54, 1.807) is 0 Å². The minimum atomic E-state index is -0.560. The molecule has 0 aliphatic rings. The predicted molar refractivity (Wildman–Crippen MR) is 306 cm³/mol. The summed E-state index contributed by atoms with van der Waals surface area (Å²) < 4.78 is 17.5. The van der Waals surface area contributed by atoms with Crippen LogP contribution in [0.3, 0.4) is 0 Å². The fourth-order valence-corrected chi connectivity index (χ4v) is 8.15. The monoisotopic (exact) mass is 973 g/mol. The van der Waals surface area contributed by atoms with E-state index in [2.05, 4.69) is 118 Å². The molecule has 0 rings (SSSR count). The van der Waals surface area contributed by atoms with Gasteiger partial charge >= 0.3 is 11.9 Å². The highest BCUT2D eigenvalue weighted by Gasteiger charge is 2.17. The van der Waals surface area contributed by atoms with Crippen LogP contribution in [0.2, 0.25) is 0 Å². The van der Waals surface area contributed by atoms with Crippen LogP contribution in [0.5, 0.6) is 0 Å². The number of carbonyl (C=O) groups is 2. The third-order valence-electron chi connectivity index (χ3n) is 12.6. The summed E-state index contributed by atoms with van der Waals surface area (Å²) in [6.07, 6.45) is 81.4. The molecule has 0 aliphatic carbocycles. The van der Waals surface area contributed by atoms with Gasteiger partial charge in [0.25, 0.3) is 0 Å². The Morgan fingerprint density at radius 3 is 1.07 bits per heavy atom. The van der Waals surface area contributed by atoms with E-state index in [1.165, 1.54) is 141 Å². The largest absolute Gasteiger partial charge is 0.462 e. The van der Waals surface area contributed by atoms with Crippen LogP contribution in [-0.4, -0.2) is 37.9 Å². The Bertz CT molecular complexity index is 1330. The van der Waals surface area contributed by atoms with Crippen molar-refractivity contribution in [3.63, 3.8) is 0 Å². The number of rotatable bonds is 54. The molecular formula is C65H112O5. The molecule has 0 saturated carbocycles. The van der Waals surface area contributed by atoms with Crippen LogP contribution in [0.4, 0.5) is 0 Å². The van der Waals surface area contributed by atoms with Gasteiger partial charge in [0.1, 0.15) is 6.61 Å². The number of hydrogen-bond donors (Lipinski definition) is 0. The highest BCUT2D eigenvalue weighted by molar-refractivity contribution is 5.70. The minimum Gasteiger partial charge on any atom is -0.462 e. The lowest BCUT2D eigenvalue weighted by Gasteiger charge is -2.18. The van der Waals surface area contributed by atoms with Gasteiger partial charge in [0.05, 0.1) is 6.61 Å². The van der Waals surface area contributed by atoms with E-state index in [4.69, 9.17) is 14.2 Å². The van der Waals surface area contributed by atoms with Gasteiger partial charge in [-0.2, -0.15) is 0 Å². The summed E-state index contributed by atoms with van der Waals surface area (Å²) in [4.78, 5) is 25.6. The maximum atomic E-state index is 12.9. The third kappa shape index (κ3) is 57.4. The summed E-state index contributed by atoms with van der Waals surface area (Å²) in [5, 5.41) is 0. The van der Waals surface area contributed by atoms with Crippen LogP contribution in [0.15, 0.2) is 97.2 Å². The van der Waals surface area contributed by atoms with Gasteiger partial charge in [-0.3, -0.25) is 9.59 Å². The second kappa shape index (κ2) is 60.1. The van der Waals surface area contributed by atoms with E-state index in [1.807, 2.05) is 0 Å². The Morgan fingerprint density at radius 1 is 0.329 bits per heavy atom. The Morgan fingerprint density at radius 2 is 0.643 bits per heavy atom. The predicted octanol–water partition coefficient (Wildman–Crippen LogP) is 20.6. The van der Waals surface area contributed by atoms with Crippen LogP contribution in [0, 0.1) is 0 Å². The van der Waals surface area contributed by atoms with Gasteiger partial charge in [-0.15, -0.1) is 0 Å². The Kier molecular flexibility index (Phi) is 57.4. The van der Waals surface area contributed by atoms with Crippen molar-refractivity contribution in [2.24, 2.45) is 0 Å². The van der Waals surface area contributed by atoms with Crippen molar-refractivity contribution in [2.45, 2.75) is 284 Å². The molecule has 0 aromatic rings. The number of unbranched alkanes of at least 4 members (excludes halogenated alkanes) is 27. The van der Waals surface area contributed by atoms with Crippen molar-refractivity contribution in [1.82, 2.24) is 0 Å². The highest BCUT2D eigenvalue weighted by atomic mass is 16.6. The van der Waals surface area contributed by atoms with E-state index in [-0.39, 0.29) is 25.2 Å². The zero-order valence-corrected chi connectivity index (χ0v) is 46.3. The molecule has 0 N–H and O–H groups in total. The smallest absolute Gasteiger partial charge is 0.306 e. The van der Waals surface area contributed by atoms with Crippen LogP contribution < -0.4 is 0 Å². The normalized spacial score (nSPS) is 12.9. The molecule has 0 spiro atoms. The maximum Gasteiger partial charge on any atom is 0.306 e. The molecule has 5 nitrogen and oxygen atoms in total. The van der Waals surface area contributed by atoms with E-state index in [9.17, 15) is 9.59 Å². The summed E-state index contributed by atoms with van der Waals surface area (Å²) in [6, 6.07) is 0. The SMILES string of the molecule is CC/C=C\C/C=C\C/C=C\C/C=C\CCCCCCCOCC(COC(=O)CCCCCCCC/C=C\C/C=C\C/C=C\CCCCC)OC(=O)CCCCCCCCC/C=C\CCCCCCCC. The van der Waals surface area contributed by atoms with E-state index >= 15 is 0 Å². The topological polar surface area (TPSA) is 61.8 Å². The van der Waals surface area contributed by atoms with E-state index in [0.717, 1.165) is 103 Å². The van der Waals surface area contributed by atoms with Crippen molar-refractivity contribution in [3.8, 4) is 0 Å². The van der Waals surface area contributed by atoms with Gasteiger partial charge in [-0.1, -0.05) is 240 Å². The molecule has 0 amide bonds. The van der Waals surface area contributed by atoms with Crippen LogP contribution in [-0.2, 0) is 23.8 Å². The molecule has 70 heavy (non-hydrogen) atoms. The van der Waals surface area contributed by atoms with E-state index in [0.29, 0.717) is 19.4 Å². The molecule has 1 unspecified atom stereocenters. The first-order chi connectivity index (χ1) is 34.6. The Hall–Kier alpha value is -3.18. The van der Waals surface area contributed by atoms with Crippen LogP contribution in [0.1, 0.15) is 278 Å². The van der Waals surface area contributed by atoms with Gasteiger partial charge < -0.3 is 14.2 Å². The Balaban J connectivity index is 4.36. The average Bonchev–Trinajstić information content (AvgIpc) is 3.36. The molecule has 0 aliphatic heterocycles. The summed E-state index contributed by atoms with van der Waals surface area (Å²) in [7, 11) is 0. The van der Waals surface area contributed by atoms with Gasteiger partial charge in [0, 0.05) is 19.4 Å². The quantitative estimate of drug-likeness (QED) is 0.0345. The molecule has 0 aromatic heterocycles. The lowest BCUT2D eigenvalue weighted by atomic mass is 10.1. The maximum absolute atomic E-state index is 12.9. The molecule has 0 heterocycles. The third-order valence-corrected chi connectivity index (χ3v) is 12.6. The number of ether oxygens (including phenoxy) is 3. The molecule has 5 heteroatoms. The minimum absolute atomic E-state index is 0.0651. The van der Waals surface area contributed by atoms with Crippen LogP contribution in [0.25, 0.3) is 0 Å². The average molecular weight is 974 g/mol. The lowest BCUT2D eigenvalue weighted by molar-refractivity contribution is -0.163. The first-order valence-corrected chi connectivity index (χ1v) is 29.8. The fourth-order valence-electron chi connectivity index (χ4n) is 8.15. The van der Waals surface area contributed by atoms with Crippen molar-refractivity contribution in [3.05, 3.63) is 97.2 Å². The molecule has 0 bridgehead atoms. The zero-order chi connectivity index (χ0) is 50.6. The summed E-state index contributed by atoms with van der Waals surface area (Å²) >= 11 is 0. The highest BCUT2D eigenvalue weighted by Crippen LogP contribution is 2.14. The van der Waals surface area contributed by atoms with Crippen molar-refractivity contribution >= 4 is 11.9 Å². The first-order valence-electron chi connectivity index (χ1n) is 29.8. The summed E-state index contributed by atoms with van der Waals surface area (Å²) in [6.45, 7) is 7.64. The van der Waals surface area contributed by atoms with Crippen molar-refractivity contribution in [2.75, 3.05) is 19.8 Å². The fraction of sp³-hybridized carbons (Fsp3) is 0.723. The molecule has 0 radical (unpaired) electrons. The molecule has 0 aromatic carbocycles. The second-order valence-electron chi connectivity index (χ2n) is 19.5. The van der Waals surface area contributed by atoms with Crippen molar-refractivity contribution < 1.29 is 23.8 Å². The molecular weight excluding hydrogens is 861 g/mol. The van der Waals surface area contributed by atoms with E-state index < -0.39 is 6.10 Å². The number of hydrogen-bond acceptors (Lipinski definition) is 5. The number of carbonyl (C=O) groups excluding carboxylic acids is 2. The molecule has 402 valence electrons. The lowest BCUT2D eigenvalue weighted by Crippen LogP contribution is -2.30.